The van der Waals surface area contributed by atoms with E-state index >= 15 is 0 Å². The summed E-state index contributed by atoms with van der Waals surface area (Å²) in [7, 11) is 0. The summed E-state index contributed by atoms with van der Waals surface area (Å²) in [6.45, 7) is 1.04. The van der Waals surface area contributed by atoms with Crippen molar-refractivity contribution in [3.05, 3.63) is 29.8 Å². The number of hydrogen-bond acceptors (Lipinski definition) is 5. The Kier molecular flexibility index (Phi) is 4.10. The standard InChI is InChI=1S/C14H20N6O/c15-6-8-19-10-13(16-18-19)14(21)9-11-5-7-20(17-11)12-3-1-2-4-12/h5,7,10,12H,1-4,6,8-9,15H2. The topological polar surface area (TPSA) is 91.6 Å². The van der Waals surface area contributed by atoms with Crippen molar-refractivity contribution in [2.24, 2.45) is 5.73 Å². The molecule has 7 heteroatoms. The first kappa shape index (κ1) is 13.9. The second-order valence-corrected chi connectivity index (χ2v) is 5.48. The third-order valence-electron chi connectivity index (χ3n) is 3.89. The summed E-state index contributed by atoms with van der Waals surface area (Å²) >= 11 is 0. The highest BCUT2D eigenvalue weighted by Gasteiger charge is 2.19. The molecule has 3 rings (SSSR count). The Bertz CT molecular complexity index is 611. The molecular formula is C14H20N6O. The number of rotatable bonds is 6. The van der Waals surface area contributed by atoms with Crippen LogP contribution in [0.1, 0.15) is 47.9 Å². The zero-order valence-electron chi connectivity index (χ0n) is 12.0. The summed E-state index contributed by atoms with van der Waals surface area (Å²) in [5, 5.41) is 12.3. The van der Waals surface area contributed by atoms with Crippen molar-refractivity contribution in [3.8, 4) is 0 Å². The van der Waals surface area contributed by atoms with E-state index in [-0.39, 0.29) is 12.2 Å². The maximum absolute atomic E-state index is 12.2. The Balaban J connectivity index is 1.63. The molecule has 21 heavy (non-hydrogen) atoms. The molecule has 0 bridgehead atoms. The lowest BCUT2D eigenvalue weighted by atomic mass is 10.2. The molecule has 1 aliphatic rings. The second kappa shape index (κ2) is 6.17. The number of nitrogens with two attached hydrogens (primary N) is 1. The average molecular weight is 288 g/mol. The summed E-state index contributed by atoms with van der Waals surface area (Å²) in [5.74, 6) is -0.0602. The van der Waals surface area contributed by atoms with E-state index in [0.717, 1.165) is 5.69 Å². The lowest BCUT2D eigenvalue weighted by Gasteiger charge is -2.08. The van der Waals surface area contributed by atoms with E-state index in [1.54, 1.807) is 10.9 Å². The molecule has 0 saturated heterocycles. The minimum atomic E-state index is -0.0602. The Morgan fingerprint density at radius 3 is 2.95 bits per heavy atom. The molecule has 0 spiro atoms. The van der Waals surface area contributed by atoms with Gasteiger partial charge in [-0.1, -0.05) is 18.1 Å². The number of ketones is 1. The van der Waals surface area contributed by atoms with Crippen LogP contribution in [0.3, 0.4) is 0 Å². The fourth-order valence-electron chi connectivity index (χ4n) is 2.77. The quantitative estimate of drug-likeness (QED) is 0.800. The van der Waals surface area contributed by atoms with Gasteiger partial charge in [-0.15, -0.1) is 5.10 Å². The summed E-state index contributed by atoms with van der Waals surface area (Å²) in [6.07, 6.45) is 8.78. The number of Topliss-reactive ketones (excluding diaryl/α,β-unsaturated/α-hetero) is 1. The maximum atomic E-state index is 12.2. The molecule has 2 heterocycles. The second-order valence-electron chi connectivity index (χ2n) is 5.48. The van der Waals surface area contributed by atoms with Gasteiger partial charge in [-0.05, 0) is 18.9 Å². The fraction of sp³-hybridized carbons (Fsp3) is 0.571. The van der Waals surface area contributed by atoms with Gasteiger partial charge in [-0.3, -0.25) is 14.2 Å². The molecule has 1 saturated carbocycles. The van der Waals surface area contributed by atoms with Gasteiger partial charge >= 0.3 is 0 Å². The molecule has 0 unspecified atom stereocenters. The van der Waals surface area contributed by atoms with Gasteiger partial charge in [0, 0.05) is 12.7 Å². The normalized spacial score (nSPS) is 15.7. The zero-order chi connectivity index (χ0) is 14.7. The smallest absolute Gasteiger partial charge is 0.190 e. The molecule has 0 amide bonds. The van der Waals surface area contributed by atoms with Crippen LogP contribution in [0.15, 0.2) is 18.5 Å². The van der Waals surface area contributed by atoms with Crippen LogP contribution in [0.2, 0.25) is 0 Å². The first-order chi connectivity index (χ1) is 10.3. The van der Waals surface area contributed by atoms with Crippen LogP contribution in [0, 0.1) is 0 Å². The van der Waals surface area contributed by atoms with E-state index in [4.69, 9.17) is 5.73 Å². The molecular weight excluding hydrogens is 268 g/mol. The van der Waals surface area contributed by atoms with Gasteiger partial charge in [-0.25, -0.2) is 0 Å². The summed E-state index contributed by atoms with van der Waals surface area (Å²) < 4.78 is 3.59. The van der Waals surface area contributed by atoms with Crippen molar-refractivity contribution < 1.29 is 4.79 Å². The van der Waals surface area contributed by atoms with Crippen LogP contribution in [0.25, 0.3) is 0 Å². The van der Waals surface area contributed by atoms with Gasteiger partial charge in [0.25, 0.3) is 0 Å². The molecule has 2 aromatic heterocycles. The predicted octanol–water partition coefficient (Wildman–Crippen LogP) is 0.974. The van der Waals surface area contributed by atoms with Gasteiger partial charge in [0.1, 0.15) is 5.69 Å². The van der Waals surface area contributed by atoms with Gasteiger partial charge in [-0.2, -0.15) is 5.10 Å². The minimum absolute atomic E-state index is 0.0602. The fourth-order valence-corrected chi connectivity index (χ4v) is 2.77. The van der Waals surface area contributed by atoms with Crippen LogP contribution in [0.4, 0.5) is 0 Å². The van der Waals surface area contributed by atoms with Crippen LogP contribution in [-0.4, -0.2) is 37.1 Å². The number of carbonyl (C=O) groups is 1. The average Bonchev–Trinajstić information content (AvgIpc) is 3.20. The highest BCUT2D eigenvalue weighted by Crippen LogP contribution is 2.28. The Morgan fingerprint density at radius 1 is 1.38 bits per heavy atom. The van der Waals surface area contributed by atoms with Crippen molar-refractivity contribution in [2.45, 2.75) is 44.7 Å². The first-order valence-corrected chi connectivity index (χ1v) is 7.43. The molecule has 1 fully saturated rings. The zero-order valence-corrected chi connectivity index (χ0v) is 12.0. The number of carbonyl (C=O) groups excluding carboxylic acids is 1. The largest absolute Gasteiger partial charge is 0.329 e. The van der Waals surface area contributed by atoms with E-state index in [0.29, 0.717) is 24.8 Å². The molecule has 0 radical (unpaired) electrons. The van der Waals surface area contributed by atoms with Gasteiger partial charge in [0.15, 0.2) is 5.78 Å². The molecule has 0 aromatic carbocycles. The van der Waals surface area contributed by atoms with Crippen molar-refractivity contribution in [2.75, 3.05) is 6.54 Å². The summed E-state index contributed by atoms with van der Waals surface area (Å²) in [4.78, 5) is 12.2. The highest BCUT2D eigenvalue weighted by molar-refractivity contribution is 5.95. The molecule has 0 aliphatic heterocycles. The Morgan fingerprint density at radius 2 is 2.19 bits per heavy atom. The van der Waals surface area contributed by atoms with Gasteiger partial charge < -0.3 is 5.73 Å². The molecule has 112 valence electrons. The molecule has 1 aliphatic carbocycles. The molecule has 7 nitrogen and oxygen atoms in total. The number of hydrogen-bond donors (Lipinski definition) is 1. The van der Waals surface area contributed by atoms with E-state index < -0.39 is 0 Å². The van der Waals surface area contributed by atoms with Crippen LogP contribution in [0.5, 0.6) is 0 Å². The lowest BCUT2D eigenvalue weighted by Crippen LogP contribution is -2.10. The van der Waals surface area contributed by atoms with E-state index in [9.17, 15) is 4.79 Å². The summed E-state index contributed by atoms with van der Waals surface area (Å²) in [6, 6.07) is 2.42. The van der Waals surface area contributed by atoms with Crippen molar-refractivity contribution in [1.82, 2.24) is 24.8 Å². The number of aromatic nitrogens is 5. The summed E-state index contributed by atoms with van der Waals surface area (Å²) in [5.41, 5.74) is 6.61. The minimum Gasteiger partial charge on any atom is -0.329 e. The number of nitrogens with zero attached hydrogens (tertiary/aromatic N) is 5. The van der Waals surface area contributed by atoms with Crippen molar-refractivity contribution in [3.63, 3.8) is 0 Å². The van der Waals surface area contributed by atoms with Gasteiger partial charge in [0.05, 0.1) is 30.9 Å². The first-order valence-electron chi connectivity index (χ1n) is 7.43. The SMILES string of the molecule is NCCn1cc(C(=O)Cc2ccn(C3CCCC3)n2)nn1. The van der Waals surface area contributed by atoms with E-state index in [2.05, 4.69) is 15.4 Å². The molecule has 2 N–H and O–H groups in total. The lowest BCUT2D eigenvalue weighted by molar-refractivity contribution is 0.0987. The third kappa shape index (κ3) is 3.18. The van der Waals surface area contributed by atoms with E-state index in [1.165, 1.54) is 25.7 Å². The third-order valence-corrected chi connectivity index (χ3v) is 3.89. The Hall–Kier alpha value is -2.02. The monoisotopic (exact) mass is 288 g/mol. The van der Waals surface area contributed by atoms with Crippen LogP contribution < -0.4 is 5.73 Å². The predicted molar refractivity (Wildman–Crippen MR) is 76.8 cm³/mol. The van der Waals surface area contributed by atoms with E-state index in [1.807, 2.05) is 16.9 Å². The van der Waals surface area contributed by atoms with Crippen LogP contribution >= 0.6 is 0 Å². The highest BCUT2D eigenvalue weighted by atomic mass is 16.1. The van der Waals surface area contributed by atoms with Gasteiger partial charge in [0.2, 0.25) is 0 Å². The Labute approximate surface area is 123 Å². The van der Waals surface area contributed by atoms with Crippen LogP contribution in [-0.2, 0) is 13.0 Å². The maximum Gasteiger partial charge on any atom is 0.190 e. The van der Waals surface area contributed by atoms with Crippen molar-refractivity contribution >= 4 is 5.78 Å². The molecule has 2 aromatic rings. The molecule has 0 atom stereocenters. The van der Waals surface area contributed by atoms with Crippen molar-refractivity contribution in [1.29, 1.82) is 0 Å².